The Balaban J connectivity index is 1.90. The first-order valence-electron chi connectivity index (χ1n) is 7.78. The van der Waals surface area contributed by atoms with Crippen molar-refractivity contribution in [3.8, 4) is 0 Å². The molecule has 2 fully saturated rings. The summed E-state index contributed by atoms with van der Waals surface area (Å²) in [5.41, 5.74) is 0.419. The zero-order chi connectivity index (χ0) is 13.0. The maximum atomic E-state index is 3.57. The molecule has 0 bridgehead atoms. The largest absolute Gasteiger partial charge is 0.315 e. The van der Waals surface area contributed by atoms with Gasteiger partial charge in [-0.2, -0.15) is 0 Å². The lowest BCUT2D eigenvalue weighted by Gasteiger charge is -2.39. The van der Waals surface area contributed by atoms with Gasteiger partial charge >= 0.3 is 0 Å². The average molecular weight is 253 g/mol. The molecule has 2 aliphatic rings. The minimum atomic E-state index is 0.419. The number of nitrogens with zero attached hydrogens (tertiary/aromatic N) is 2. The smallest absolute Gasteiger partial charge is 0.0223 e. The predicted octanol–water partition coefficient (Wildman–Crippen LogP) is 1.79. The molecule has 3 heteroatoms. The summed E-state index contributed by atoms with van der Waals surface area (Å²) in [4.78, 5) is 5.38. The molecular weight excluding hydrogens is 222 g/mol. The molecule has 0 aromatic heterocycles. The van der Waals surface area contributed by atoms with Crippen LogP contribution in [-0.4, -0.2) is 61.7 Å². The van der Waals surface area contributed by atoms with E-state index in [1.165, 1.54) is 52.0 Å². The first kappa shape index (κ1) is 14.3. The third-order valence-corrected chi connectivity index (χ3v) is 4.48. The molecule has 1 atom stereocenters. The molecule has 3 nitrogen and oxygen atoms in total. The van der Waals surface area contributed by atoms with E-state index in [4.69, 9.17) is 0 Å². The molecule has 1 unspecified atom stereocenters. The highest BCUT2D eigenvalue weighted by atomic mass is 15.2. The number of likely N-dealkylation sites (tertiary alicyclic amines) is 1. The van der Waals surface area contributed by atoms with Gasteiger partial charge < -0.3 is 5.32 Å². The average Bonchev–Trinajstić information content (AvgIpc) is 2.50. The summed E-state index contributed by atoms with van der Waals surface area (Å²) in [6.07, 6.45) is 4.23. The van der Waals surface area contributed by atoms with E-state index in [9.17, 15) is 0 Å². The van der Waals surface area contributed by atoms with Crippen LogP contribution in [0.5, 0.6) is 0 Å². The van der Waals surface area contributed by atoms with Gasteiger partial charge in [0.15, 0.2) is 0 Å². The standard InChI is InChI=1S/C15H31N3/c1-4-18-9-6-5-7-14(18)11-17-10-8-16-12-15(2,3)13-17/h14,16H,4-13H2,1-3H3. The summed E-state index contributed by atoms with van der Waals surface area (Å²) in [7, 11) is 0. The topological polar surface area (TPSA) is 18.5 Å². The van der Waals surface area contributed by atoms with Crippen LogP contribution in [0.4, 0.5) is 0 Å². The van der Waals surface area contributed by atoms with Crippen molar-refractivity contribution in [2.75, 3.05) is 45.8 Å². The van der Waals surface area contributed by atoms with Gasteiger partial charge in [-0.25, -0.2) is 0 Å². The molecule has 0 aromatic carbocycles. The van der Waals surface area contributed by atoms with E-state index in [0.717, 1.165) is 19.1 Å². The molecule has 0 aliphatic carbocycles. The van der Waals surface area contributed by atoms with Crippen LogP contribution in [-0.2, 0) is 0 Å². The van der Waals surface area contributed by atoms with Crippen molar-refractivity contribution < 1.29 is 0 Å². The molecular formula is C15H31N3. The van der Waals surface area contributed by atoms with Gasteiger partial charge in [0.25, 0.3) is 0 Å². The van der Waals surface area contributed by atoms with Gasteiger partial charge in [-0.05, 0) is 31.3 Å². The molecule has 2 aliphatic heterocycles. The lowest BCUT2D eigenvalue weighted by Crippen LogP contribution is -2.48. The van der Waals surface area contributed by atoms with Crippen LogP contribution in [0.1, 0.15) is 40.0 Å². The number of hydrogen-bond acceptors (Lipinski definition) is 3. The molecule has 2 saturated heterocycles. The molecule has 106 valence electrons. The number of piperidine rings is 1. The van der Waals surface area contributed by atoms with Crippen LogP contribution >= 0.6 is 0 Å². The molecule has 0 spiro atoms. The van der Waals surface area contributed by atoms with E-state index >= 15 is 0 Å². The Kier molecular flexibility index (Phi) is 5.05. The van der Waals surface area contributed by atoms with Crippen molar-refractivity contribution in [2.24, 2.45) is 5.41 Å². The van der Waals surface area contributed by atoms with Crippen molar-refractivity contribution >= 4 is 0 Å². The molecule has 2 heterocycles. The van der Waals surface area contributed by atoms with E-state index in [1.54, 1.807) is 0 Å². The molecule has 0 amide bonds. The SMILES string of the molecule is CCN1CCCCC1CN1CCNCC(C)(C)C1. The zero-order valence-corrected chi connectivity index (χ0v) is 12.5. The summed E-state index contributed by atoms with van der Waals surface area (Å²) in [6.45, 7) is 15.7. The Hall–Kier alpha value is -0.120. The monoisotopic (exact) mass is 253 g/mol. The fourth-order valence-electron chi connectivity index (χ4n) is 3.54. The molecule has 2 rings (SSSR count). The van der Waals surface area contributed by atoms with Gasteiger partial charge in [0.1, 0.15) is 0 Å². The molecule has 0 radical (unpaired) electrons. The van der Waals surface area contributed by atoms with Crippen LogP contribution in [0.2, 0.25) is 0 Å². The van der Waals surface area contributed by atoms with Crippen LogP contribution in [0.25, 0.3) is 0 Å². The summed E-state index contributed by atoms with van der Waals surface area (Å²) in [5, 5.41) is 3.57. The fourth-order valence-corrected chi connectivity index (χ4v) is 3.54. The predicted molar refractivity (Wildman–Crippen MR) is 78.0 cm³/mol. The lowest BCUT2D eigenvalue weighted by atomic mass is 9.92. The lowest BCUT2D eigenvalue weighted by molar-refractivity contribution is 0.0977. The number of rotatable bonds is 3. The normalized spacial score (nSPS) is 31.2. The van der Waals surface area contributed by atoms with Crippen LogP contribution in [0.3, 0.4) is 0 Å². The van der Waals surface area contributed by atoms with Gasteiger partial charge in [-0.15, -0.1) is 0 Å². The number of likely N-dealkylation sites (N-methyl/N-ethyl adjacent to an activating group) is 1. The highest BCUT2D eigenvalue weighted by molar-refractivity contribution is 4.85. The highest BCUT2D eigenvalue weighted by Crippen LogP contribution is 2.21. The first-order chi connectivity index (χ1) is 8.61. The van der Waals surface area contributed by atoms with Crippen LogP contribution in [0, 0.1) is 5.41 Å². The zero-order valence-electron chi connectivity index (χ0n) is 12.5. The second kappa shape index (κ2) is 6.36. The van der Waals surface area contributed by atoms with Crippen molar-refractivity contribution in [3.63, 3.8) is 0 Å². The van der Waals surface area contributed by atoms with Crippen molar-refractivity contribution in [2.45, 2.75) is 46.1 Å². The van der Waals surface area contributed by atoms with Gasteiger partial charge in [0, 0.05) is 38.8 Å². The molecule has 0 saturated carbocycles. The second-order valence-electron chi connectivity index (χ2n) is 6.85. The van der Waals surface area contributed by atoms with Crippen molar-refractivity contribution in [3.05, 3.63) is 0 Å². The Morgan fingerprint density at radius 1 is 1.22 bits per heavy atom. The van der Waals surface area contributed by atoms with Gasteiger partial charge in [-0.1, -0.05) is 27.2 Å². The fraction of sp³-hybridized carbons (Fsp3) is 1.00. The molecule has 18 heavy (non-hydrogen) atoms. The number of hydrogen-bond donors (Lipinski definition) is 1. The number of nitrogens with one attached hydrogen (secondary N) is 1. The van der Waals surface area contributed by atoms with E-state index in [2.05, 4.69) is 35.9 Å². The third kappa shape index (κ3) is 3.94. The summed E-state index contributed by atoms with van der Waals surface area (Å²) in [6, 6.07) is 0.803. The third-order valence-electron chi connectivity index (χ3n) is 4.48. The van der Waals surface area contributed by atoms with E-state index in [-0.39, 0.29) is 0 Å². The maximum absolute atomic E-state index is 3.57. The van der Waals surface area contributed by atoms with E-state index in [1.807, 2.05) is 0 Å². The first-order valence-corrected chi connectivity index (χ1v) is 7.78. The highest BCUT2D eigenvalue weighted by Gasteiger charge is 2.28. The van der Waals surface area contributed by atoms with Crippen molar-refractivity contribution in [1.29, 1.82) is 0 Å². The second-order valence-corrected chi connectivity index (χ2v) is 6.85. The van der Waals surface area contributed by atoms with Crippen molar-refractivity contribution in [1.82, 2.24) is 15.1 Å². The summed E-state index contributed by atoms with van der Waals surface area (Å²) < 4.78 is 0. The molecule has 1 N–H and O–H groups in total. The minimum Gasteiger partial charge on any atom is -0.315 e. The summed E-state index contributed by atoms with van der Waals surface area (Å²) in [5.74, 6) is 0. The van der Waals surface area contributed by atoms with Gasteiger partial charge in [0.05, 0.1) is 0 Å². The Morgan fingerprint density at radius 3 is 2.83 bits per heavy atom. The van der Waals surface area contributed by atoms with Gasteiger partial charge in [-0.3, -0.25) is 9.80 Å². The van der Waals surface area contributed by atoms with Gasteiger partial charge in [0.2, 0.25) is 0 Å². The Morgan fingerprint density at radius 2 is 2.06 bits per heavy atom. The Labute approximate surface area is 113 Å². The molecule has 0 aromatic rings. The Bertz CT molecular complexity index is 252. The van der Waals surface area contributed by atoms with E-state index < -0.39 is 0 Å². The van der Waals surface area contributed by atoms with E-state index in [0.29, 0.717) is 5.41 Å². The van der Waals surface area contributed by atoms with Crippen LogP contribution in [0.15, 0.2) is 0 Å². The quantitative estimate of drug-likeness (QED) is 0.827. The maximum Gasteiger partial charge on any atom is 0.0223 e. The minimum absolute atomic E-state index is 0.419. The summed E-state index contributed by atoms with van der Waals surface area (Å²) >= 11 is 0. The van der Waals surface area contributed by atoms with Crippen LogP contribution < -0.4 is 5.32 Å².